The van der Waals surface area contributed by atoms with E-state index in [0.717, 1.165) is 0 Å². The molecule has 0 amide bonds. The van der Waals surface area contributed by atoms with Crippen molar-refractivity contribution in [1.29, 1.82) is 0 Å². The maximum atomic E-state index is 11.9. The predicted octanol–water partition coefficient (Wildman–Crippen LogP) is 4.15. The first-order valence-electron chi connectivity index (χ1n) is 7.23. The summed E-state index contributed by atoms with van der Waals surface area (Å²) >= 11 is 6.06. The van der Waals surface area contributed by atoms with E-state index in [1.807, 2.05) is 0 Å². The highest BCUT2D eigenvalue weighted by molar-refractivity contribution is 6.34. The third-order valence-corrected chi connectivity index (χ3v) is 3.68. The Morgan fingerprint density at radius 2 is 1.96 bits per heavy atom. The van der Waals surface area contributed by atoms with Gasteiger partial charge in [0.05, 0.1) is 15.5 Å². The van der Waals surface area contributed by atoms with Crippen molar-refractivity contribution in [3.63, 3.8) is 0 Å². The second-order valence-electron chi connectivity index (χ2n) is 5.05. The molecule has 0 saturated heterocycles. The Morgan fingerprint density at radius 3 is 2.72 bits per heavy atom. The Kier molecular flexibility index (Phi) is 4.72. The number of nitro benzene ring substituents is 1. The lowest BCUT2D eigenvalue weighted by atomic mass is 10.2. The molecule has 25 heavy (non-hydrogen) atoms. The topological polar surface area (TPSA) is 81.8 Å². The van der Waals surface area contributed by atoms with Crippen molar-refractivity contribution in [2.75, 3.05) is 0 Å². The van der Waals surface area contributed by atoms with Crippen LogP contribution in [-0.2, 0) is 9.53 Å². The van der Waals surface area contributed by atoms with Crippen LogP contribution in [0.25, 0.3) is 6.08 Å². The van der Waals surface area contributed by atoms with E-state index in [4.69, 9.17) is 16.3 Å². The Balaban J connectivity index is 1.82. The molecule has 0 aromatic heterocycles. The summed E-state index contributed by atoms with van der Waals surface area (Å²) in [6.45, 7) is 0. The second-order valence-corrected chi connectivity index (χ2v) is 5.46. The van der Waals surface area contributed by atoms with Crippen LogP contribution in [-0.4, -0.2) is 16.8 Å². The molecular weight excluding hydrogens is 344 g/mol. The van der Waals surface area contributed by atoms with Crippen LogP contribution in [0.2, 0.25) is 5.02 Å². The van der Waals surface area contributed by atoms with Gasteiger partial charge in [0.15, 0.2) is 5.70 Å². The van der Waals surface area contributed by atoms with Crippen LogP contribution < -0.4 is 0 Å². The van der Waals surface area contributed by atoms with Crippen molar-refractivity contribution in [3.05, 3.63) is 92.6 Å². The number of cyclic esters (lactones) is 1. The Hall–Kier alpha value is -3.25. The number of aliphatic imine (C=N–C) groups is 1. The van der Waals surface area contributed by atoms with Crippen LogP contribution in [0.4, 0.5) is 5.69 Å². The number of allylic oxidation sites excluding steroid dienone is 2. The van der Waals surface area contributed by atoms with Crippen LogP contribution in [0, 0.1) is 10.1 Å². The maximum absolute atomic E-state index is 11.9. The molecule has 1 aliphatic heterocycles. The van der Waals surface area contributed by atoms with Gasteiger partial charge in [-0.3, -0.25) is 10.1 Å². The molecule has 3 rings (SSSR count). The van der Waals surface area contributed by atoms with Crippen molar-refractivity contribution in [3.8, 4) is 0 Å². The Labute approximate surface area is 147 Å². The molecular formula is C18H11ClN2O4. The monoisotopic (exact) mass is 354 g/mol. The van der Waals surface area contributed by atoms with Gasteiger partial charge in [-0.15, -0.1) is 0 Å². The molecule has 0 N–H and O–H groups in total. The summed E-state index contributed by atoms with van der Waals surface area (Å²) in [5, 5.41) is 11.2. The summed E-state index contributed by atoms with van der Waals surface area (Å²) in [6, 6.07) is 13.1. The van der Waals surface area contributed by atoms with Gasteiger partial charge >= 0.3 is 5.97 Å². The fraction of sp³-hybridized carbons (Fsp3) is 0. The van der Waals surface area contributed by atoms with Crippen LogP contribution in [0.3, 0.4) is 0 Å². The zero-order chi connectivity index (χ0) is 17.8. The number of halogens is 1. The van der Waals surface area contributed by atoms with Gasteiger partial charge in [-0.05, 0) is 23.8 Å². The van der Waals surface area contributed by atoms with E-state index in [0.29, 0.717) is 16.1 Å². The molecule has 0 spiro atoms. The van der Waals surface area contributed by atoms with Crippen LogP contribution in [0.1, 0.15) is 11.1 Å². The fourth-order valence-corrected chi connectivity index (χ4v) is 2.38. The number of nitro groups is 1. The fourth-order valence-electron chi connectivity index (χ4n) is 2.17. The van der Waals surface area contributed by atoms with E-state index in [1.165, 1.54) is 18.2 Å². The van der Waals surface area contributed by atoms with Gasteiger partial charge in [-0.1, -0.05) is 48.0 Å². The number of benzene rings is 2. The Morgan fingerprint density at radius 1 is 1.16 bits per heavy atom. The van der Waals surface area contributed by atoms with Crippen molar-refractivity contribution in [2.45, 2.75) is 0 Å². The molecule has 0 fully saturated rings. The average molecular weight is 355 g/mol. The zero-order valence-corrected chi connectivity index (χ0v) is 13.5. The lowest BCUT2D eigenvalue weighted by Gasteiger charge is -2.00. The minimum absolute atomic E-state index is 0.00546. The maximum Gasteiger partial charge on any atom is 0.363 e. The lowest BCUT2D eigenvalue weighted by Crippen LogP contribution is -2.05. The van der Waals surface area contributed by atoms with Gasteiger partial charge in [0, 0.05) is 12.1 Å². The van der Waals surface area contributed by atoms with Gasteiger partial charge in [-0.2, -0.15) is 0 Å². The quantitative estimate of drug-likeness (QED) is 0.357. The highest BCUT2D eigenvalue weighted by Gasteiger charge is 2.24. The van der Waals surface area contributed by atoms with E-state index in [1.54, 1.807) is 48.6 Å². The van der Waals surface area contributed by atoms with E-state index < -0.39 is 10.9 Å². The molecule has 0 aliphatic carbocycles. The highest BCUT2D eigenvalue weighted by Crippen LogP contribution is 2.22. The summed E-state index contributed by atoms with van der Waals surface area (Å²) in [6.07, 6.45) is 4.69. The van der Waals surface area contributed by atoms with Crippen molar-refractivity contribution < 1.29 is 14.5 Å². The number of esters is 1. The van der Waals surface area contributed by atoms with Gasteiger partial charge < -0.3 is 4.74 Å². The molecule has 0 atom stereocenters. The number of hydrogen-bond donors (Lipinski definition) is 0. The van der Waals surface area contributed by atoms with Gasteiger partial charge in [0.1, 0.15) is 0 Å². The lowest BCUT2D eigenvalue weighted by molar-refractivity contribution is -0.384. The third kappa shape index (κ3) is 3.81. The largest absolute Gasteiger partial charge is 0.402 e. The molecule has 0 saturated carbocycles. The summed E-state index contributed by atoms with van der Waals surface area (Å²) in [4.78, 5) is 26.3. The van der Waals surface area contributed by atoms with Crippen molar-refractivity contribution >= 4 is 35.2 Å². The summed E-state index contributed by atoms with van der Waals surface area (Å²) < 4.78 is 5.13. The Bertz CT molecular complexity index is 948. The van der Waals surface area contributed by atoms with Gasteiger partial charge in [0.2, 0.25) is 5.90 Å². The number of ether oxygens (including phenoxy) is 1. The molecule has 0 unspecified atom stereocenters. The number of rotatable bonds is 4. The first-order valence-corrected chi connectivity index (χ1v) is 7.61. The number of carbonyl (C=O) groups is 1. The SMILES string of the molecule is O=C1OC(c2ccccc2Cl)=N/C1=C/C=C/c1cccc([N+](=O)[O-])c1. The molecule has 0 bridgehead atoms. The number of hydrogen-bond acceptors (Lipinski definition) is 5. The molecule has 1 heterocycles. The summed E-state index contributed by atoms with van der Waals surface area (Å²) in [5.74, 6) is -0.441. The third-order valence-electron chi connectivity index (χ3n) is 3.35. The summed E-state index contributed by atoms with van der Waals surface area (Å²) in [7, 11) is 0. The van der Waals surface area contributed by atoms with Crippen LogP contribution in [0.15, 0.2) is 71.4 Å². The first kappa shape index (κ1) is 16.6. The van der Waals surface area contributed by atoms with Crippen LogP contribution >= 0.6 is 11.6 Å². The molecule has 2 aromatic carbocycles. The van der Waals surface area contributed by atoms with E-state index in [2.05, 4.69) is 4.99 Å². The smallest absolute Gasteiger partial charge is 0.363 e. The minimum atomic E-state index is -0.585. The molecule has 2 aromatic rings. The van der Waals surface area contributed by atoms with Crippen molar-refractivity contribution in [2.24, 2.45) is 4.99 Å². The predicted molar refractivity (Wildman–Crippen MR) is 94.3 cm³/mol. The van der Waals surface area contributed by atoms with E-state index >= 15 is 0 Å². The normalized spacial score (nSPS) is 15.5. The minimum Gasteiger partial charge on any atom is -0.402 e. The number of non-ortho nitro benzene ring substituents is 1. The average Bonchev–Trinajstić information content (AvgIpc) is 2.96. The standard InChI is InChI=1S/C18H11ClN2O4/c19-15-9-2-1-8-14(15)17-20-16(18(22)25-17)10-4-6-12-5-3-7-13(11-12)21(23)24/h1-11H/b6-4+,16-10+. The van der Waals surface area contributed by atoms with E-state index in [9.17, 15) is 14.9 Å². The molecule has 7 heteroatoms. The second kappa shape index (κ2) is 7.11. The highest BCUT2D eigenvalue weighted by atomic mass is 35.5. The molecule has 1 aliphatic rings. The zero-order valence-electron chi connectivity index (χ0n) is 12.8. The molecule has 0 radical (unpaired) electrons. The molecule has 6 nitrogen and oxygen atoms in total. The first-order chi connectivity index (χ1) is 12.0. The van der Waals surface area contributed by atoms with Crippen LogP contribution in [0.5, 0.6) is 0 Å². The van der Waals surface area contributed by atoms with Gasteiger partial charge in [0.25, 0.3) is 5.69 Å². The number of carbonyl (C=O) groups excluding carboxylic acids is 1. The summed E-state index contributed by atoms with van der Waals surface area (Å²) in [5.41, 5.74) is 1.28. The van der Waals surface area contributed by atoms with Crippen molar-refractivity contribution in [1.82, 2.24) is 0 Å². The number of nitrogens with zero attached hydrogens (tertiary/aromatic N) is 2. The van der Waals surface area contributed by atoms with E-state index in [-0.39, 0.29) is 17.3 Å². The van der Waals surface area contributed by atoms with Gasteiger partial charge in [-0.25, -0.2) is 9.79 Å². The molecule has 124 valence electrons.